The average Bonchev–Trinajstić information content (AvgIpc) is 2.75. The molecule has 2 aromatic carbocycles. The van der Waals surface area contributed by atoms with Gasteiger partial charge in [0.15, 0.2) is 15.8 Å². The Morgan fingerprint density at radius 2 is 1.85 bits per heavy atom. The third-order valence-corrected chi connectivity index (χ3v) is 7.91. The minimum atomic E-state index is -3.25. The largest absolute Gasteiger partial charge is 0.381 e. The number of hydrogen-bond donors (Lipinski definition) is 1. The van der Waals surface area contributed by atoms with Gasteiger partial charge in [0.1, 0.15) is 0 Å². The fraction of sp³-hybridized carbons (Fsp3) is 0.417. The lowest BCUT2D eigenvalue weighted by Crippen LogP contribution is -2.55. The van der Waals surface area contributed by atoms with Crippen molar-refractivity contribution < 1.29 is 17.9 Å². The molecule has 0 spiro atoms. The first-order valence-corrected chi connectivity index (χ1v) is 13.2. The van der Waals surface area contributed by atoms with Gasteiger partial charge >= 0.3 is 0 Å². The van der Waals surface area contributed by atoms with Gasteiger partial charge in [-0.15, -0.1) is 0 Å². The van der Waals surface area contributed by atoms with Gasteiger partial charge < -0.3 is 10.5 Å². The van der Waals surface area contributed by atoms with Crippen molar-refractivity contribution >= 4 is 33.3 Å². The first-order valence-electron chi connectivity index (χ1n) is 10.9. The zero-order chi connectivity index (χ0) is 23.8. The van der Waals surface area contributed by atoms with E-state index in [9.17, 15) is 13.2 Å². The maximum Gasteiger partial charge on any atom is 0.232 e. The van der Waals surface area contributed by atoms with Crippen LogP contribution in [0.5, 0.6) is 0 Å². The van der Waals surface area contributed by atoms with E-state index in [1.165, 1.54) is 6.26 Å². The molecule has 0 aliphatic carbocycles. The molecule has 1 amide bonds. The summed E-state index contributed by atoms with van der Waals surface area (Å²) in [6.45, 7) is 3.10. The molecule has 0 saturated carbocycles. The summed E-state index contributed by atoms with van der Waals surface area (Å²) in [7, 11) is -3.25. The molecule has 1 atom stereocenters. The van der Waals surface area contributed by atoms with Gasteiger partial charge in [-0.05, 0) is 55.0 Å². The summed E-state index contributed by atoms with van der Waals surface area (Å²) in [6, 6.07) is 12.5. The van der Waals surface area contributed by atoms with E-state index >= 15 is 0 Å². The van der Waals surface area contributed by atoms with Crippen LogP contribution in [0.1, 0.15) is 42.9 Å². The molecule has 0 aromatic heterocycles. The van der Waals surface area contributed by atoms with Crippen molar-refractivity contribution in [1.82, 2.24) is 4.90 Å². The Morgan fingerprint density at radius 3 is 2.45 bits per heavy atom. The van der Waals surface area contributed by atoms with E-state index in [0.717, 1.165) is 29.5 Å². The van der Waals surface area contributed by atoms with Crippen LogP contribution in [-0.2, 0) is 31.3 Å². The fourth-order valence-electron chi connectivity index (χ4n) is 4.55. The molecular formula is C24H28ClN3O4S. The first kappa shape index (κ1) is 23.7. The van der Waals surface area contributed by atoms with E-state index in [-0.39, 0.29) is 29.2 Å². The number of halogens is 1. The molecule has 2 aliphatic heterocycles. The highest BCUT2D eigenvalue weighted by molar-refractivity contribution is 7.90. The molecule has 2 aromatic rings. The average molecular weight is 490 g/mol. The number of amides is 1. The quantitative estimate of drug-likeness (QED) is 0.694. The Balaban J connectivity index is 1.61. The second kappa shape index (κ2) is 9.08. The van der Waals surface area contributed by atoms with Crippen LogP contribution in [-0.4, -0.2) is 50.7 Å². The highest BCUT2D eigenvalue weighted by atomic mass is 35.5. The van der Waals surface area contributed by atoms with E-state index in [2.05, 4.69) is 0 Å². The smallest absolute Gasteiger partial charge is 0.232 e. The van der Waals surface area contributed by atoms with E-state index in [1.54, 1.807) is 29.2 Å². The molecule has 0 bridgehead atoms. The van der Waals surface area contributed by atoms with Gasteiger partial charge in [0.25, 0.3) is 0 Å². The van der Waals surface area contributed by atoms with E-state index in [1.807, 2.05) is 25.1 Å². The number of ether oxygens (including phenoxy) is 1. The van der Waals surface area contributed by atoms with Crippen molar-refractivity contribution in [3.63, 3.8) is 0 Å². The Bertz CT molecular complexity index is 1190. The number of guanidine groups is 1. The summed E-state index contributed by atoms with van der Waals surface area (Å²) >= 11 is 6.82. The summed E-state index contributed by atoms with van der Waals surface area (Å²) in [4.78, 5) is 19.8. The number of nitrogens with two attached hydrogens (primary N) is 1. The zero-order valence-electron chi connectivity index (χ0n) is 18.8. The maximum atomic E-state index is 13.1. The number of sulfone groups is 1. The molecule has 2 aliphatic rings. The molecule has 1 fully saturated rings. The molecular weight excluding hydrogens is 462 g/mol. The van der Waals surface area contributed by atoms with Gasteiger partial charge in [-0.3, -0.25) is 9.69 Å². The van der Waals surface area contributed by atoms with Gasteiger partial charge in [0.05, 0.1) is 16.9 Å². The van der Waals surface area contributed by atoms with Crippen molar-refractivity contribution in [1.29, 1.82) is 0 Å². The van der Waals surface area contributed by atoms with Gasteiger partial charge in [0.2, 0.25) is 5.91 Å². The Labute approximate surface area is 199 Å². The van der Waals surface area contributed by atoms with E-state index < -0.39 is 15.4 Å². The molecule has 4 rings (SSSR count). The normalized spacial score (nSPS) is 22.3. The van der Waals surface area contributed by atoms with Crippen LogP contribution in [0, 0.1) is 0 Å². The van der Waals surface area contributed by atoms with Crippen LogP contribution >= 0.6 is 11.6 Å². The lowest BCUT2D eigenvalue weighted by molar-refractivity contribution is -0.132. The van der Waals surface area contributed by atoms with Crippen LogP contribution in [0.15, 0.2) is 52.4 Å². The third kappa shape index (κ3) is 4.93. The third-order valence-electron chi connectivity index (χ3n) is 6.33. The maximum absolute atomic E-state index is 13.1. The number of aliphatic imine (C=N–C) groups is 1. The Kier molecular flexibility index (Phi) is 6.53. The van der Waals surface area contributed by atoms with E-state index in [0.29, 0.717) is 24.7 Å². The summed E-state index contributed by atoms with van der Waals surface area (Å²) in [5.41, 5.74) is 7.98. The highest BCUT2D eigenvalue weighted by Crippen LogP contribution is 2.39. The molecule has 2 heterocycles. The van der Waals surface area contributed by atoms with Crippen molar-refractivity contribution in [2.24, 2.45) is 10.7 Å². The second-order valence-corrected chi connectivity index (χ2v) is 11.3. The predicted molar refractivity (Wildman–Crippen MR) is 128 cm³/mol. The lowest BCUT2D eigenvalue weighted by Gasteiger charge is -2.40. The van der Waals surface area contributed by atoms with Gasteiger partial charge in [0, 0.05) is 30.5 Å². The van der Waals surface area contributed by atoms with Crippen LogP contribution in [0.25, 0.3) is 0 Å². The molecule has 33 heavy (non-hydrogen) atoms. The van der Waals surface area contributed by atoms with E-state index in [4.69, 9.17) is 27.1 Å². The first-order chi connectivity index (χ1) is 15.6. The number of benzene rings is 2. The molecule has 1 saturated heterocycles. The fourth-order valence-corrected chi connectivity index (χ4v) is 5.58. The van der Waals surface area contributed by atoms with Gasteiger partial charge in [-0.25, -0.2) is 13.4 Å². The minimum Gasteiger partial charge on any atom is -0.381 e. The number of carbonyl (C=O) groups is 1. The second-order valence-electron chi connectivity index (χ2n) is 8.90. The molecule has 9 heteroatoms. The number of nitrogens with zero attached hydrogens (tertiary/aromatic N) is 2. The van der Waals surface area contributed by atoms with Gasteiger partial charge in [-0.2, -0.15) is 0 Å². The number of carbonyl (C=O) groups excluding carboxylic acids is 1. The van der Waals surface area contributed by atoms with Crippen LogP contribution in [0.4, 0.5) is 0 Å². The molecule has 176 valence electrons. The Morgan fingerprint density at radius 1 is 1.18 bits per heavy atom. The summed E-state index contributed by atoms with van der Waals surface area (Å²) < 4.78 is 28.8. The molecule has 2 N–H and O–H groups in total. The highest BCUT2D eigenvalue weighted by Gasteiger charge is 2.41. The number of hydrogen-bond acceptors (Lipinski definition) is 6. The van der Waals surface area contributed by atoms with Crippen LogP contribution in [0.2, 0.25) is 5.02 Å². The summed E-state index contributed by atoms with van der Waals surface area (Å²) in [5.74, 6) is 0.160. The standard InChI is InChI=1S/C24H28ClN3O4S/c1-24(15-21(29)28(23(26)27-24)18-10-12-32-13-11-18)20-5-3-4-17(22(20)25)14-16-6-8-19(9-7-16)33(2,30)31/h3-9,18H,10-15H2,1-2H3,(H2,26,27)/t24-/m0/s1. The molecule has 0 radical (unpaired) electrons. The molecule has 7 nitrogen and oxygen atoms in total. The van der Waals surface area contributed by atoms with Crippen LogP contribution in [0.3, 0.4) is 0 Å². The lowest BCUT2D eigenvalue weighted by atomic mass is 9.85. The van der Waals surface area contributed by atoms with Crippen molar-refractivity contribution in [3.05, 3.63) is 64.2 Å². The van der Waals surface area contributed by atoms with Gasteiger partial charge in [-0.1, -0.05) is 41.9 Å². The summed E-state index contributed by atoms with van der Waals surface area (Å²) in [5, 5.41) is 0.538. The number of rotatable bonds is 5. The summed E-state index contributed by atoms with van der Waals surface area (Å²) in [6.07, 6.45) is 3.37. The zero-order valence-corrected chi connectivity index (χ0v) is 20.3. The minimum absolute atomic E-state index is 0.0104. The Hall–Kier alpha value is -2.42. The van der Waals surface area contributed by atoms with Crippen molar-refractivity contribution in [2.75, 3.05) is 19.5 Å². The van der Waals surface area contributed by atoms with Crippen LogP contribution < -0.4 is 5.73 Å². The van der Waals surface area contributed by atoms with Crippen molar-refractivity contribution in [3.8, 4) is 0 Å². The monoisotopic (exact) mass is 489 g/mol. The predicted octanol–water partition coefficient (Wildman–Crippen LogP) is 3.28. The topological polar surface area (TPSA) is 102 Å². The van der Waals surface area contributed by atoms with Crippen molar-refractivity contribution in [2.45, 2.75) is 49.1 Å². The SMILES string of the molecule is C[C@@]1(c2cccc(Cc3ccc(S(C)(=O)=O)cc3)c2Cl)CC(=O)N(C2CCOCC2)C(N)=N1. The molecule has 0 unspecified atom stereocenters.